The molecule has 34 heavy (non-hydrogen) atoms. The Balaban J connectivity index is 1.97. The van der Waals surface area contributed by atoms with Crippen LogP contribution < -0.4 is 24.4 Å². The van der Waals surface area contributed by atoms with Gasteiger partial charge in [-0.2, -0.15) is 0 Å². The summed E-state index contributed by atoms with van der Waals surface area (Å²) in [6.45, 7) is 3.67. The minimum absolute atomic E-state index is 0.201. The van der Waals surface area contributed by atoms with E-state index < -0.39 is 12.0 Å². The van der Waals surface area contributed by atoms with E-state index in [-0.39, 0.29) is 17.7 Å². The summed E-state index contributed by atoms with van der Waals surface area (Å²) in [4.78, 5) is 31.6. The zero-order valence-corrected chi connectivity index (χ0v) is 20.7. The number of thiazole rings is 1. The fourth-order valence-corrected chi connectivity index (χ4v) is 5.14. The zero-order chi connectivity index (χ0) is 24.4. The molecule has 7 nitrogen and oxygen atoms in total. The van der Waals surface area contributed by atoms with Gasteiger partial charge in [0.2, 0.25) is 0 Å². The molecule has 0 radical (unpaired) electrons. The number of benzene rings is 2. The van der Waals surface area contributed by atoms with E-state index in [4.69, 9.17) is 25.8 Å². The fourth-order valence-electron chi connectivity index (χ4n) is 3.86. The van der Waals surface area contributed by atoms with E-state index in [1.807, 2.05) is 12.1 Å². The number of rotatable bonds is 6. The number of carbonyl (C=O) groups is 1. The first-order valence-corrected chi connectivity index (χ1v) is 11.7. The molecular weight excluding hydrogens is 476 g/mol. The molecule has 0 N–H and O–H groups in total. The number of fused-ring (bicyclic) bond motifs is 1. The Morgan fingerprint density at radius 3 is 2.65 bits per heavy atom. The molecule has 0 bridgehead atoms. The largest absolute Gasteiger partial charge is 0.497 e. The smallest absolute Gasteiger partial charge is 0.338 e. The Kier molecular flexibility index (Phi) is 6.90. The van der Waals surface area contributed by atoms with Crippen molar-refractivity contribution >= 4 is 35.0 Å². The summed E-state index contributed by atoms with van der Waals surface area (Å²) in [7, 11) is 3.13. The minimum Gasteiger partial charge on any atom is -0.497 e. The molecule has 0 fully saturated rings. The van der Waals surface area contributed by atoms with E-state index in [9.17, 15) is 9.59 Å². The average molecular weight is 499 g/mol. The number of carbonyl (C=O) groups excluding carboxylic acids is 1. The molecule has 3 aromatic rings. The lowest BCUT2D eigenvalue weighted by molar-refractivity contribution is -0.139. The number of esters is 1. The van der Waals surface area contributed by atoms with Crippen LogP contribution >= 0.6 is 22.9 Å². The number of hydrogen-bond donors (Lipinski definition) is 0. The highest BCUT2D eigenvalue weighted by Crippen LogP contribution is 2.34. The normalized spacial score (nSPS) is 15.6. The van der Waals surface area contributed by atoms with Crippen molar-refractivity contribution in [3.05, 3.63) is 89.6 Å². The van der Waals surface area contributed by atoms with Crippen LogP contribution in [0, 0.1) is 0 Å². The summed E-state index contributed by atoms with van der Waals surface area (Å²) in [5.41, 5.74) is 1.82. The summed E-state index contributed by atoms with van der Waals surface area (Å²) in [6, 6.07) is 11.7. The molecule has 2 heterocycles. The highest BCUT2D eigenvalue weighted by Gasteiger charge is 2.34. The highest BCUT2D eigenvalue weighted by molar-refractivity contribution is 7.07. The van der Waals surface area contributed by atoms with Crippen molar-refractivity contribution in [3.8, 4) is 11.5 Å². The van der Waals surface area contributed by atoms with Crippen LogP contribution in [0.4, 0.5) is 0 Å². The number of nitrogens with zero attached hydrogens (tertiary/aromatic N) is 2. The summed E-state index contributed by atoms with van der Waals surface area (Å²) in [5.74, 6) is 0.680. The maximum absolute atomic E-state index is 13.7. The Bertz CT molecular complexity index is 1470. The van der Waals surface area contributed by atoms with E-state index in [1.165, 1.54) is 15.9 Å². The standard InChI is InChI=1S/C25H23ClN2O5S/c1-5-33-24(30)21-14(2)27-25-28(22(21)17-8-6-7-9-18(17)26)23(29)20(34-25)12-15-10-11-16(31-3)13-19(15)32-4/h6-13,22H,5H2,1-4H3/b20-12-/t22-/m1/s1. The van der Waals surface area contributed by atoms with Crippen LogP contribution in [0.3, 0.4) is 0 Å². The highest BCUT2D eigenvalue weighted by atomic mass is 35.5. The lowest BCUT2D eigenvalue weighted by atomic mass is 9.96. The molecule has 1 aliphatic heterocycles. The fraction of sp³-hybridized carbons (Fsp3) is 0.240. The molecule has 2 aromatic carbocycles. The molecular formula is C25H23ClN2O5S. The van der Waals surface area contributed by atoms with Gasteiger partial charge < -0.3 is 14.2 Å². The number of halogens is 1. The van der Waals surface area contributed by atoms with E-state index in [1.54, 1.807) is 64.5 Å². The summed E-state index contributed by atoms with van der Waals surface area (Å²) >= 11 is 7.76. The molecule has 0 spiro atoms. The van der Waals surface area contributed by atoms with Crippen LogP contribution in [-0.2, 0) is 9.53 Å². The van der Waals surface area contributed by atoms with Crippen LogP contribution in [0.25, 0.3) is 6.08 Å². The number of hydrogen-bond acceptors (Lipinski definition) is 7. The Labute approximate surface area is 205 Å². The average Bonchev–Trinajstić information content (AvgIpc) is 3.13. The molecule has 0 unspecified atom stereocenters. The Morgan fingerprint density at radius 1 is 1.21 bits per heavy atom. The lowest BCUT2D eigenvalue weighted by Gasteiger charge is -2.25. The Morgan fingerprint density at radius 2 is 1.97 bits per heavy atom. The lowest BCUT2D eigenvalue weighted by Crippen LogP contribution is -2.40. The molecule has 0 saturated heterocycles. The van der Waals surface area contributed by atoms with Gasteiger partial charge in [0.15, 0.2) is 4.80 Å². The number of allylic oxidation sites excluding steroid dienone is 1. The van der Waals surface area contributed by atoms with Gasteiger partial charge in [0.1, 0.15) is 17.5 Å². The second kappa shape index (κ2) is 9.87. The maximum Gasteiger partial charge on any atom is 0.338 e. The van der Waals surface area contributed by atoms with Crippen molar-refractivity contribution in [2.75, 3.05) is 20.8 Å². The van der Waals surface area contributed by atoms with Gasteiger partial charge in [0.05, 0.1) is 36.6 Å². The van der Waals surface area contributed by atoms with Crippen LogP contribution in [0.2, 0.25) is 5.02 Å². The molecule has 9 heteroatoms. The van der Waals surface area contributed by atoms with Crippen molar-refractivity contribution in [2.24, 2.45) is 4.99 Å². The minimum atomic E-state index is -0.760. The van der Waals surface area contributed by atoms with Crippen molar-refractivity contribution in [1.29, 1.82) is 0 Å². The van der Waals surface area contributed by atoms with Crippen LogP contribution in [0.5, 0.6) is 11.5 Å². The van der Waals surface area contributed by atoms with Gasteiger partial charge in [-0.25, -0.2) is 9.79 Å². The molecule has 0 saturated carbocycles. The first kappa shape index (κ1) is 23.8. The first-order chi connectivity index (χ1) is 16.4. The van der Waals surface area contributed by atoms with E-state index in [2.05, 4.69) is 4.99 Å². The molecule has 1 atom stereocenters. The van der Waals surface area contributed by atoms with E-state index in [0.717, 1.165) is 0 Å². The number of methoxy groups -OCH3 is 2. The predicted octanol–water partition coefficient (Wildman–Crippen LogP) is 3.47. The van der Waals surface area contributed by atoms with Crippen molar-refractivity contribution in [1.82, 2.24) is 4.57 Å². The van der Waals surface area contributed by atoms with Gasteiger partial charge in [0, 0.05) is 16.7 Å². The topological polar surface area (TPSA) is 79.1 Å². The van der Waals surface area contributed by atoms with Crippen LogP contribution in [0.1, 0.15) is 31.0 Å². The molecule has 1 aliphatic rings. The monoisotopic (exact) mass is 498 g/mol. The van der Waals surface area contributed by atoms with E-state index in [0.29, 0.717) is 42.7 Å². The van der Waals surface area contributed by atoms with Gasteiger partial charge in [-0.1, -0.05) is 41.1 Å². The predicted molar refractivity (Wildman–Crippen MR) is 131 cm³/mol. The molecule has 1 aromatic heterocycles. The second-order valence-corrected chi connectivity index (χ2v) is 8.85. The SMILES string of the molecule is CCOC(=O)C1=C(C)N=c2s/c(=C\c3ccc(OC)cc3OC)c(=O)n2[C@@H]1c1ccccc1Cl. The van der Waals surface area contributed by atoms with E-state index >= 15 is 0 Å². The van der Waals surface area contributed by atoms with Crippen molar-refractivity contribution in [3.63, 3.8) is 0 Å². The van der Waals surface area contributed by atoms with Gasteiger partial charge >= 0.3 is 5.97 Å². The molecule has 0 amide bonds. The second-order valence-electron chi connectivity index (χ2n) is 7.43. The summed E-state index contributed by atoms with van der Waals surface area (Å²) < 4.78 is 18.0. The number of aromatic nitrogens is 1. The number of ether oxygens (including phenoxy) is 3. The molecule has 4 rings (SSSR count). The maximum atomic E-state index is 13.7. The Hall–Kier alpha value is -3.36. The molecule has 0 aliphatic carbocycles. The third-order valence-electron chi connectivity index (χ3n) is 5.44. The quantitative estimate of drug-likeness (QED) is 0.486. The zero-order valence-electron chi connectivity index (χ0n) is 19.1. The van der Waals surface area contributed by atoms with Crippen molar-refractivity contribution < 1.29 is 19.0 Å². The first-order valence-electron chi connectivity index (χ1n) is 10.6. The van der Waals surface area contributed by atoms with Crippen molar-refractivity contribution in [2.45, 2.75) is 19.9 Å². The molecule has 176 valence electrons. The van der Waals surface area contributed by atoms with Crippen LogP contribution in [0.15, 0.2) is 63.5 Å². The van der Waals surface area contributed by atoms with Gasteiger partial charge in [-0.05, 0) is 43.7 Å². The van der Waals surface area contributed by atoms with Crippen LogP contribution in [-0.4, -0.2) is 31.4 Å². The van der Waals surface area contributed by atoms with Gasteiger partial charge in [0.25, 0.3) is 5.56 Å². The summed E-state index contributed by atoms with van der Waals surface area (Å²) in [6.07, 6.45) is 1.75. The van der Waals surface area contributed by atoms with Gasteiger partial charge in [-0.3, -0.25) is 9.36 Å². The summed E-state index contributed by atoms with van der Waals surface area (Å²) in [5, 5.41) is 0.440. The third kappa shape index (κ3) is 4.26. The third-order valence-corrected chi connectivity index (χ3v) is 6.77. The van der Waals surface area contributed by atoms with Gasteiger partial charge in [-0.15, -0.1) is 0 Å².